The predicted molar refractivity (Wildman–Crippen MR) is 87.8 cm³/mol. The molecule has 2 aliphatic rings. The lowest BCUT2D eigenvalue weighted by molar-refractivity contribution is 0.0956. The number of carbonyl (C=O) groups excluding carboxylic acids is 1. The minimum Gasteiger partial charge on any atom is -0.360 e. The second-order valence-electron chi connectivity index (χ2n) is 6.72. The van der Waals surface area contributed by atoms with Crippen molar-refractivity contribution in [2.75, 3.05) is 0 Å². The van der Waals surface area contributed by atoms with Crippen molar-refractivity contribution in [1.82, 2.24) is 10.4 Å². The Morgan fingerprint density at radius 3 is 2.91 bits per heavy atom. The van der Waals surface area contributed by atoms with E-state index in [9.17, 15) is 4.79 Å². The Bertz CT molecular complexity index is 746. The highest BCUT2D eigenvalue weighted by molar-refractivity contribution is 6.07. The number of hydrazone groups is 1. The molecule has 0 radical (unpaired) electrons. The fourth-order valence-electron chi connectivity index (χ4n) is 4.30. The van der Waals surface area contributed by atoms with Crippen molar-refractivity contribution in [2.24, 2.45) is 22.9 Å². The molecule has 2 aliphatic carbocycles. The van der Waals surface area contributed by atoms with Crippen LogP contribution in [0.2, 0.25) is 0 Å². The van der Waals surface area contributed by atoms with Gasteiger partial charge in [-0.15, -0.1) is 0 Å². The Morgan fingerprint density at radius 2 is 2.14 bits per heavy atom. The Kier molecular flexibility index (Phi) is 3.25. The molecule has 2 N–H and O–H groups in total. The Hall–Kier alpha value is -2.10. The van der Waals surface area contributed by atoms with E-state index in [2.05, 4.69) is 22.4 Å². The molecule has 3 atom stereocenters. The van der Waals surface area contributed by atoms with Crippen LogP contribution in [-0.4, -0.2) is 16.6 Å². The van der Waals surface area contributed by atoms with Gasteiger partial charge in [-0.05, 0) is 44.1 Å². The molecule has 2 bridgehead atoms. The number of hydrogen-bond donors (Lipinski definition) is 2. The summed E-state index contributed by atoms with van der Waals surface area (Å²) in [5.74, 6) is 2.12. The molecule has 1 amide bonds. The normalized spacial score (nSPS) is 27.5. The van der Waals surface area contributed by atoms with Crippen LogP contribution in [0.25, 0.3) is 10.9 Å². The zero-order valence-electron chi connectivity index (χ0n) is 12.8. The summed E-state index contributed by atoms with van der Waals surface area (Å²) in [4.78, 5) is 15.5. The highest BCUT2D eigenvalue weighted by atomic mass is 16.2. The van der Waals surface area contributed by atoms with Gasteiger partial charge < -0.3 is 4.98 Å². The van der Waals surface area contributed by atoms with Gasteiger partial charge in [0.15, 0.2) is 0 Å². The number of aromatic amines is 1. The topological polar surface area (TPSA) is 57.2 Å². The van der Waals surface area contributed by atoms with Crippen LogP contribution < -0.4 is 5.43 Å². The number of benzene rings is 1. The van der Waals surface area contributed by atoms with Gasteiger partial charge in [-0.2, -0.15) is 5.10 Å². The Morgan fingerprint density at radius 1 is 1.27 bits per heavy atom. The average molecular weight is 295 g/mol. The van der Waals surface area contributed by atoms with Gasteiger partial charge in [-0.25, -0.2) is 5.43 Å². The lowest BCUT2D eigenvalue weighted by Crippen LogP contribution is -2.24. The lowest BCUT2D eigenvalue weighted by atomic mass is 9.86. The number of fused-ring (bicyclic) bond motifs is 3. The molecule has 0 saturated heterocycles. The first-order chi connectivity index (χ1) is 10.7. The monoisotopic (exact) mass is 295 g/mol. The van der Waals surface area contributed by atoms with E-state index in [1.54, 1.807) is 6.20 Å². The summed E-state index contributed by atoms with van der Waals surface area (Å²) in [6.07, 6.45) is 7.08. The lowest BCUT2D eigenvalue weighted by Gasteiger charge is -2.21. The van der Waals surface area contributed by atoms with Crippen LogP contribution in [0, 0.1) is 17.8 Å². The van der Waals surface area contributed by atoms with Crippen molar-refractivity contribution in [3.63, 3.8) is 0 Å². The summed E-state index contributed by atoms with van der Waals surface area (Å²) < 4.78 is 0. The number of nitrogens with one attached hydrogen (secondary N) is 2. The molecule has 114 valence electrons. The number of amides is 1. The quantitative estimate of drug-likeness (QED) is 0.658. The molecule has 0 unspecified atom stereocenters. The van der Waals surface area contributed by atoms with Crippen molar-refractivity contribution in [3.8, 4) is 0 Å². The van der Waals surface area contributed by atoms with Gasteiger partial charge in [-0.3, -0.25) is 4.79 Å². The van der Waals surface area contributed by atoms with Crippen LogP contribution in [0.1, 0.15) is 43.0 Å². The highest BCUT2D eigenvalue weighted by Crippen LogP contribution is 2.48. The smallest absolute Gasteiger partial charge is 0.273 e. The van der Waals surface area contributed by atoms with E-state index in [4.69, 9.17) is 0 Å². The standard InChI is InChI=1S/C18H21N3O/c1-11(15-9-12-6-7-13(15)8-12)20-21-18(22)16-10-19-17-5-3-2-4-14(16)17/h2-5,10,12-13,15,19H,6-9H2,1H3,(H,21,22)/b20-11-/t12-,13-,15+/m1/s1. The number of carbonyl (C=O) groups is 1. The molecule has 2 aromatic rings. The molecule has 0 aliphatic heterocycles. The predicted octanol–water partition coefficient (Wildman–Crippen LogP) is 3.71. The first-order valence-corrected chi connectivity index (χ1v) is 8.13. The van der Waals surface area contributed by atoms with Crippen molar-refractivity contribution < 1.29 is 4.79 Å². The third-order valence-electron chi connectivity index (χ3n) is 5.44. The maximum atomic E-state index is 12.4. The molecule has 0 spiro atoms. The minimum absolute atomic E-state index is 0.139. The van der Waals surface area contributed by atoms with Crippen molar-refractivity contribution in [2.45, 2.75) is 32.6 Å². The van der Waals surface area contributed by atoms with Crippen LogP contribution in [0.3, 0.4) is 0 Å². The molecule has 1 aromatic heterocycles. The summed E-state index contributed by atoms with van der Waals surface area (Å²) >= 11 is 0. The molecule has 4 rings (SSSR count). The minimum atomic E-state index is -0.139. The van der Waals surface area contributed by atoms with Gasteiger partial charge in [0.2, 0.25) is 0 Å². The maximum Gasteiger partial charge on any atom is 0.273 e. The van der Waals surface area contributed by atoms with E-state index in [0.717, 1.165) is 28.5 Å². The summed E-state index contributed by atoms with van der Waals surface area (Å²) in [5.41, 5.74) is 5.45. The van der Waals surface area contributed by atoms with E-state index in [0.29, 0.717) is 11.5 Å². The van der Waals surface area contributed by atoms with Gasteiger partial charge in [-0.1, -0.05) is 24.6 Å². The summed E-state index contributed by atoms with van der Waals surface area (Å²) in [6, 6.07) is 7.82. The van der Waals surface area contributed by atoms with Gasteiger partial charge in [0, 0.05) is 28.7 Å². The largest absolute Gasteiger partial charge is 0.360 e. The number of nitrogens with zero attached hydrogens (tertiary/aromatic N) is 1. The molecule has 22 heavy (non-hydrogen) atoms. The van der Waals surface area contributed by atoms with E-state index >= 15 is 0 Å². The van der Waals surface area contributed by atoms with Crippen LogP contribution >= 0.6 is 0 Å². The highest BCUT2D eigenvalue weighted by Gasteiger charge is 2.40. The third kappa shape index (κ3) is 2.23. The summed E-state index contributed by atoms with van der Waals surface area (Å²) in [6.45, 7) is 2.06. The molecule has 2 saturated carbocycles. The first-order valence-electron chi connectivity index (χ1n) is 8.13. The number of H-pyrrole nitrogens is 1. The van der Waals surface area contributed by atoms with Crippen molar-refractivity contribution in [1.29, 1.82) is 0 Å². The zero-order chi connectivity index (χ0) is 15.1. The molecule has 4 nitrogen and oxygen atoms in total. The average Bonchev–Trinajstić information content (AvgIpc) is 3.26. The Labute approximate surface area is 130 Å². The number of para-hydroxylation sites is 1. The zero-order valence-corrected chi connectivity index (χ0v) is 12.8. The Balaban J connectivity index is 1.49. The summed E-state index contributed by atoms with van der Waals surface area (Å²) in [7, 11) is 0. The molecule has 4 heteroatoms. The number of hydrogen-bond acceptors (Lipinski definition) is 2. The van der Waals surface area contributed by atoms with Gasteiger partial charge >= 0.3 is 0 Å². The molecular formula is C18H21N3O. The van der Waals surface area contributed by atoms with Gasteiger partial charge in [0.1, 0.15) is 0 Å². The van der Waals surface area contributed by atoms with Crippen LogP contribution in [-0.2, 0) is 0 Å². The second kappa shape index (κ2) is 5.27. The molecular weight excluding hydrogens is 274 g/mol. The number of rotatable bonds is 3. The van der Waals surface area contributed by atoms with Gasteiger partial charge in [0.25, 0.3) is 5.91 Å². The third-order valence-corrected chi connectivity index (χ3v) is 5.44. The fraction of sp³-hybridized carbons (Fsp3) is 0.444. The molecule has 1 aromatic carbocycles. The second-order valence-corrected chi connectivity index (χ2v) is 6.72. The van der Waals surface area contributed by atoms with Crippen LogP contribution in [0.5, 0.6) is 0 Å². The number of aromatic nitrogens is 1. The SMILES string of the molecule is C/C(=N/NC(=O)c1c[nH]c2ccccc12)[C@@H]1C[C@@H]2CC[C@@H]1C2. The first kappa shape index (κ1) is 13.6. The van der Waals surface area contributed by atoms with Crippen LogP contribution in [0.4, 0.5) is 0 Å². The van der Waals surface area contributed by atoms with Gasteiger partial charge in [0.05, 0.1) is 5.56 Å². The van der Waals surface area contributed by atoms with E-state index < -0.39 is 0 Å². The van der Waals surface area contributed by atoms with E-state index in [1.807, 2.05) is 24.3 Å². The van der Waals surface area contributed by atoms with E-state index in [-0.39, 0.29) is 5.91 Å². The molecule has 2 fully saturated rings. The van der Waals surface area contributed by atoms with Crippen molar-refractivity contribution in [3.05, 3.63) is 36.0 Å². The van der Waals surface area contributed by atoms with E-state index in [1.165, 1.54) is 25.7 Å². The molecule has 1 heterocycles. The fourth-order valence-corrected chi connectivity index (χ4v) is 4.30. The van der Waals surface area contributed by atoms with Crippen molar-refractivity contribution >= 4 is 22.5 Å². The maximum absolute atomic E-state index is 12.4. The van der Waals surface area contributed by atoms with Crippen LogP contribution in [0.15, 0.2) is 35.6 Å². The summed E-state index contributed by atoms with van der Waals surface area (Å²) in [5, 5.41) is 5.33.